The summed E-state index contributed by atoms with van der Waals surface area (Å²) in [5.41, 5.74) is -0.872. The molecule has 0 aliphatic carbocycles. The minimum absolute atomic E-state index is 0.0309. The highest BCUT2D eigenvalue weighted by Crippen LogP contribution is 2.59. The van der Waals surface area contributed by atoms with E-state index >= 15 is 0 Å². The maximum atomic E-state index is 11.8. The van der Waals surface area contributed by atoms with Crippen LogP contribution in [0.25, 0.3) is 0 Å². The number of phosphoric acid groups is 1. The molecule has 0 amide bonds. The molecule has 7 nitrogen and oxygen atoms in total. The molecule has 3 rings (SSSR count). The lowest BCUT2D eigenvalue weighted by molar-refractivity contribution is -0.169. The Morgan fingerprint density at radius 2 is 1.68 bits per heavy atom. The van der Waals surface area contributed by atoms with Crippen LogP contribution in [0.2, 0.25) is 0 Å². The Labute approximate surface area is 105 Å². The van der Waals surface area contributed by atoms with Crippen LogP contribution in [0.3, 0.4) is 0 Å². The number of fused-ring (bicyclic) bond motifs is 3. The fourth-order valence-electron chi connectivity index (χ4n) is 1.40. The number of carbonyl (C=O) groups excluding carboxylic acids is 1. The van der Waals surface area contributed by atoms with Gasteiger partial charge in [-0.25, -0.2) is 9.36 Å². The number of alkyl halides is 3. The van der Waals surface area contributed by atoms with Gasteiger partial charge in [-0.2, -0.15) is 13.2 Å². The second-order valence-electron chi connectivity index (χ2n) is 4.21. The molecule has 0 aromatic rings. The van der Waals surface area contributed by atoms with Crippen molar-refractivity contribution in [2.24, 2.45) is 5.41 Å². The molecule has 110 valence electrons. The largest absolute Gasteiger partial charge is 0.508 e. The molecule has 0 N–H and O–H groups in total. The third kappa shape index (κ3) is 3.82. The first-order chi connectivity index (χ1) is 8.72. The van der Waals surface area contributed by atoms with Crippen LogP contribution in [0.5, 0.6) is 0 Å². The fourth-order valence-corrected chi connectivity index (χ4v) is 2.92. The van der Waals surface area contributed by atoms with E-state index < -0.39 is 32.2 Å². The number of hydrogen-bond donors (Lipinski definition) is 0. The first kappa shape index (κ1) is 14.6. The number of halogens is 3. The average molecular weight is 306 g/mol. The number of rotatable bonds is 3. The van der Waals surface area contributed by atoms with Crippen LogP contribution in [0.15, 0.2) is 0 Å². The summed E-state index contributed by atoms with van der Waals surface area (Å²) in [7, 11) is -3.47. The zero-order valence-corrected chi connectivity index (χ0v) is 10.4. The minimum atomic E-state index is -4.62. The van der Waals surface area contributed by atoms with Gasteiger partial charge in [-0.05, 0) is 0 Å². The van der Waals surface area contributed by atoms with Gasteiger partial charge in [0.1, 0.15) is 6.61 Å². The molecule has 0 aromatic carbocycles. The van der Waals surface area contributed by atoms with E-state index in [1.807, 2.05) is 0 Å². The van der Waals surface area contributed by atoms with Gasteiger partial charge in [0.05, 0.1) is 25.2 Å². The second-order valence-corrected chi connectivity index (χ2v) is 5.88. The lowest BCUT2D eigenvalue weighted by Gasteiger charge is -2.43. The van der Waals surface area contributed by atoms with E-state index in [0.29, 0.717) is 0 Å². The Morgan fingerprint density at radius 1 is 1.16 bits per heavy atom. The maximum absolute atomic E-state index is 11.8. The smallest absolute Gasteiger partial charge is 0.433 e. The van der Waals surface area contributed by atoms with Crippen molar-refractivity contribution in [3.8, 4) is 0 Å². The van der Waals surface area contributed by atoms with Gasteiger partial charge in [0.2, 0.25) is 0 Å². The molecule has 3 aliphatic rings. The Balaban J connectivity index is 1.77. The van der Waals surface area contributed by atoms with Gasteiger partial charge >= 0.3 is 20.2 Å². The van der Waals surface area contributed by atoms with Crippen LogP contribution in [0, 0.1) is 5.41 Å². The van der Waals surface area contributed by atoms with Crippen LogP contribution in [0.1, 0.15) is 0 Å². The molecule has 3 heterocycles. The van der Waals surface area contributed by atoms with Crippen LogP contribution in [0.4, 0.5) is 18.0 Å². The summed E-state index contributed by atoms with van der Waals surface area (Å²) in [5.74, 6) is 0. The molecular weight excluding hydrogens is 296 g/mol. The summed E-state index contributed by atoms with van der Waals surface area (Å²) in [4.78, 5) is 10.9. The monoisotopic (exact) mass is 306 g/mol. The maximum Gasteiger partial charge on any atom is 0.508 e. The summed E-state index contributed by atoms with van der Waals surface area (Å²) in [6.45, 7) is -2.13. The first-order valence-corrected chi connectivity index (χ1v) is 6.58. The average Bonchev–Trinajstić information content (AvgIpc) is 2.35. The summed E-state index contributed by atoms with van der Waals surface area (Å²) in [6.07, 6.45) is -6.07. The summed E-state index contributed by atoms with van der Waals surface area (Å²) >= 11 is 0. The Hall–Kier alpha value is -0.830. The predicted molar refractivity (Wildman–Crippen MR) is 51.3 cm³/mol. The lowest BCUT2D eigenvalue weighted by atomic mass is 9.92. The molecule has 0 unspecified atom stereocenters. The van der Waals surface area contributed by atoms with Gasteiger partial charge < -0.3 is 9.47 Å². The van der Waals surface area contributed by atoms with Gasteiger partial charge in [-0.3, -0.25) is 13.6 Å². The molecule has 19 heavy (non-hydrogen) atoms. The molecule has 11 heteroatoms. The second kappa shape index (κ2) is 4.93. The van der Waals surface area contributed by atoms with E-state index in [1.165, 1.54) is 0 Å². The highest BCUT2D eigenvalue weighted by Gasteiger charge is 2.51. The van der Waals surface area contributed by atoms with Gasteiger partial charge in [0, 0.05) is 0 Å². The molecule has 0 aromatic heterocycles. The standard InChI is InChI=1S/C8H10F3O7P/c9-8(10,11)5-15-6(12)14-1-7-2-16-19(13,17-3-7)18-4-7/h1-5H2. The number of carbonyl (C=O) groups is 1. The highest BCUT2D eigenvalue weighted by molar-refractivity contribution is 7.48. The summed E-state index contributed by atoms with van der Waals surface area (Å²) in [6, 6.07) is 0. The molecule has 0 saturated carbocycles. The number of phosphoric ester groups is 1. The molecule has 0 atom stereocenters. The normalized spacial score (nSPS) is 34.1. The van der Waals surface area contributed by atoms with E-state index in [0.717, 1.165) is 0 Å². The zero-order chi connectivity index (χ0) is 14.1. The Kier molecular flexibility index (Phi) is 3.78. The molecule has 0 radical (unpaired) electrons. The topological polar surface area (TPSA) is 80.3 Å². The third-order valence-corrected chi connectivity index (χ3v) is 3.77. The van der Waals surface area contributed by atoms with Gasteiger partial charge in [0.25, 0.3) is 0 Å². The number of ether oxygens (including phenoxy) is 2. The predicted octanol–water partition coefficient (Wildman–Crippen LogP) is 1.87. The zero-order valence-electron chi connectivity index (χ0n) is 9.47. The molecule has 3 saturated heterocycles. The van der Waals surface area contributed by atoms with Gasteiger partial charge in [-0.15, -0.1) is 0 Å². The van der Waals surface area contributed by atoms with Crippen molar-refractivity contribution in [3.63, 3.8) is 0 Å². The van der Waals surface area contributed by atoms with E-state index in [-0.39, 0.29) is 26.4 Å². The van der Waals surface area contributed by atoms with Crippen molar-refractivity contribution in [1.29, 1.82) is 0 Å². The van der Waals surface area contributed by atoms with Crippen LogP contribution in [-0.2, 0) is 27.6 Å². The van der Waals surface area contributed by atoms with Crippen molar-refractivity contribution < 1.29 is 45.6 Å². The van der Waals surface area contributed by atoms with Crippen molar-refractivity contribution in [1.82, 2.24) is 0 Å². The quantitative estimate of drug-likeness (QED) is 0.581. The summed E-state index contributed by atoms with van der Waals surface area (Å²) in [5, 5.41) is 0. The molecule has 0 spiro atoms. The van der Waals surface area contributed by atoms with E-state index in [1.54, 1.807) is 0 Å². The molecule has 3 aliphatic heterocycles. The van der Waals surface area contributed by atoms with Crippen LogP contribution < -0.4 is 0 Å². The van der Waals surface area contributed by atoms with E-state index in [4.69, 9.17) is 13.6 Å². The van der Waals surface area contributed by atoms with Gasteiger partial charge in [-0.1, -0.05) is 0 Å². The van der Waals surface area contributed by atoms with Crippen molar-refractivity contribution in [3.05, 3.63) is 0 Å². The number of hydrogen-bond acceptors (Lipinski definition) is 7. The van der Waals surface area contributed by atoms with E-state index in [9.17, 15) is 22.5 Å². The Morgan fingerprint density at radius 3 is 2.16 bits per heavy atom. The SMILES string of the molecule is O=C(OCC(F)(F)F)OCC12COP(=O)(OC1)OC2. The van der Waals surface area contributed by atoms with Gasteiger partial charge in [0.15, 0.2) is 6.61 Å². The van der Waals surface area contributed by atoms with Crippen LogP contribution >= 0.6 is 7.82 Å². The van der Waals surface area contributed by atoms with Crippen molar-refractivity contribution >= 4 is 14.0 Å². The van der Waals surface area contributed by atoms with Crippen molar-refractivity contribution in [2.45, 2.75) is 6.18 Å². The first-order valence-electron chi connectivity index (χ1n) is 5.12. The molecule has 3 fully saturated rings. The van der Waals surface area contributed by atoms with Crippen LogP contribution in [-0.4, -0.2) is 45.4 Å². The molecule has 2 bridgehead atoms. The van der Waals surface area contributed by atoms with E-state index in [2.05, 4.69) is 9.47 Å². The fraction of sp³-hybridized carbons (Fsp3) is 0.875. The van der Waals surface area contributed by atoms with Crippen molar-refractivity contribution in [2.75, 3.05) is 33.0 Å². The third-order valence-electron chi connectivity index (χ3n) is 2.44. The molecular formula is C8H10F3O7P. The highest BCUT2D eigenvalue weighted by atomic mass is 31.2. The summed E-state index contributed by atoms with van der Waals surface area (Å²) < 4.78 is 69.6. The minimum Gasteiger partial charge on any atom is -0.433 e. The Bertz CT molecular complexity index is 378. The lowest BCUT2D eigenvalue weighted by Crippen LogP contribution is -2.48.